The number of hydrogen-bond donors (Lipinski definition) is 1. The molecule has 4 nitrogen and oxygen atoms in total. The van der Waals surface area contributed by atoms with Crippen LogP contribution in [0.2, 0.25) is 5.02 Å². The summed E-state index contributed by atoms with van der Waals surface area (Å²) in [6, 6.07) is 16.6. The number of nitrogens with one attached hydrogen (secondary N) is 1. The van der Waals surface area contributed by atoms with Crippen molar-refractivity contribution in [3.05, 3.63) is 65.2 Å². The Labute approximate surface area is 178 Å². The van der Waals surface area contributed by atoms with Gasteiger partial charge in [-0.2, -0.15) is 0 Å². The molecule has 1 aliphatic heterocycles. The second kappa shape index (κ2) is 9.06. The molecule has 2 aromatic carbocycles. The van der Waals surface area contributed by atoms with E-state index in [-0.39, 0.29) is 18.5 Å². The third-order valence-electron chi connectivity index (χ3n) is 5.42. The number of carbonyl (C=O) groups is 1. The fourth-order valence-corrected chi connectivity index (χ4v) is 3.98. The molecule has 0 unspecified atom stereocenters. The summed E-state index contributed by atoms with van der Waals surface area (Å²) in [7, 11) is 0. The van der Waals surface area contributed by atoms with E-state index in [0.29, 0.717) is 42.2 Å². The van der Waals surface area contributed by atoms with Gasteiger partial charge in [-0.05, 0) is 37.1 Å². The van der Waals surface area contributed by atoms with Gasteiger partial charge >= 0.3 is 0 Å². The number of amides is 1. The van der Waals surface area contributed by atoms with Crippen LogP contribution in [0.25, 0.3) is 22.2 Å². The van der Waals surface area contributed by atoms with Gasteiger partial charge in [0.1, 0.15) is 0 Å². The first kappa shape index (κ1) is 20.7. The van der Waals surface area contributed by atoms with Crippen molar-refractivity contribution in [1.82, 2.24) is 15.2 Å². The Bertz CT molecular complexity index is 1030. The number of nitrogens with zero attached hydrogens (tertiary/aromatic N) is 2. The summed E-state index contributed by atoms with van der Waals surface area (Å²) in [4.78, 5) is 19.6. The molecule has 1 amide bonds. The number of alkyl halides is 2. The number of carbonyl (C=O) groups excluding carboxylic acids is 1. The van der Waals surface area contributed by atoms with E-state index in [2.05, 4.69) is 5.32 Å². The number of fused-ring (bicyclic) bond motifs is 1. The maximum atomic E-state index is 13.1. The molecule has 0 spiro atoms. The standard InChI is InChI=1S/C23H22ClF2N3O/c24-16-7-5-15(6-8-16)21-13-19(18-3-1-2-4-20(18)28-21)23(30)27-17-9-11-29(12-10-17)14-22(25)26/h1-8,13,17,22H,9-12,14H2,(H,27,30). The minimum atomic E-state index is -2.33. The molecule has 1 N–H and O–H groups in total. The maximum absolute atomic E-state index is 13.1. The number of aromatic nitrogens is 1. The van der Waals surface area contributed by atoms with Gasteiger partial charge in [-0.15, -0.1) is 0 Å². The predicted molar refractivity (Wildman–Crippen MR) is 115 cm³/mol. The lowest BCUT2D eigenvalue weighted by molar-refractivity contribution is 0.0696. The Hall–Kier alpha value is -2.57. The van der Waals surface area contributed by atoms with Crippen LogP contribution in [0, 0.1) is 0 Å². The molecule has 156 valence electrons. The summed E-state index contributed by atoms with van der Waals surface area (Å²) >= 11 is 5.99. The first-order chi connectivity index (χ1) is 14.5. The number of hydrogen-bond acceptors (Lipinski definition) is 3. The molecular formula is C23H22ClF2N3O. The van der Waals surface area contributed by atoms with Crippen LogP contribution < -0.4 is 5.32 Å². The van der Waals surface area contributed by atoms with E-state index >= 15 is 0 Å². The molecule has 1 aliphatic rings. The van der Waals surface area contributed by atoms with Crippen LogP contribution >= 0.6 is 11.6 Å². The summed E-state index contributed by atoms with van der Waals surface area (Å²) in [6.07, 6.45) is -1.01. The van der Waals surface area contributed by atoms with Crippen molar-refractivity contribution in [3.63, 3.8) is 0 Å². The molecule has 7 heteroatoms. The number of pyridine rings is 1. The van der Waals surface area contributed by atoms with Crippen molar-refractivity contribution >= 4 is 28.4 Å². The molecule has 0 aliphatic carbocycles. The summed E-state index contributed by atoms with van der Waals surface area (Å²) in [5.41, 5.74) is 2.86. The first-order valence-electron chi connectivity index (χ1n) is 9.96. The monoisotopic (exact) mass is 429 g/mol. The number of para-hydroxylation sites is 1. The van der Waals surface area contributed by atoms with E-state index < -0.39 is 6.43 Å². The second-order valence-electron chi connectivity index (χ2n) is 7.52. The van der Waals surface area contributed by atoms with Crippen LogP contribution in [0.4, 0.5) is 8.78 Å². The highest BCUT2D eigenvalue weighted by atomic mass is 35.5. The van der Waals surface area contributed by atoms with Crippen molar-refractivity contribution in [2.75, 3.05) is 19.6 Å². The van der Waals surface area contributed by atoms with Crippen molar-refractivity contribution in [2.45, 2.75) is 25.3 Å². The zero-order valence-corrected chi connectivity index (χ0v) is 17.1. The molecule has 1 saturated heterocycles. The van der Waals surface area contributed by atoms with Gasteiger partial charge in [-0.3, -0.25) is 9.69 Å². The van der Waals surface area contributed by atoms with Crippen LogP contribution in [-0.4, -0.2) is 47.9 Å². The van der Waals surface area contributed by atoms with E-state index in [1.54, 1.807) is 23.1 Å². The van der Waals surface area contributed by atoms with Crippen LogP contribution in [0.5, 0.6) is 0 Å². The minimum absolute atomic E-state index is 0.0302. The Morgan fingerprint density at radius 2 is 1.83 bits per heavy atom. The summed E-state index contributed by atoms with van der Waals surface area (Å²) in [5, 5.41) is 4.50. The average molecular weight is 430 g/mol. The zero-order valence-electron chi connectivity index (χ0n) is 16.3. The lowest BCUT2D eigenvalue weighted by Gasteiger charge is -2.32. The van der Waals surface area contributed by atoms with Crippen molar-refractivity contribution in [1.29, 1.82) is 0 Å². The fraction of sp³-hybridized carbons (Fsp3) is 0.304. The van der Waals surface area contributed by atoms with Gasteiger partial charge in [0.25, 0.3) is 12.3 Å². The normalized spacial score (nSPS) is 15.6. The maximum Gasteiger partial charge on any atom is 0.252 e. The summed E-state index contributed by atoms with van der Waals surface area (Å²) < 4.78 is 25.1. The molecule has 0 saturated carbocycles. The van der Waals surface area contributed by atoms with E-state index in [1.807, 2.05) is 36.4 Å². The topological polar surface area (TPSA) is 45.2 Å². The lowest BCUT2D eigenvalue weighted by atomic mass is 10.0. The summed E-state index contributed by atoms with van der Waals surface area (Å²) in [5.74, 6) is -0.170. The molecule has 1 aromatic heterocycles. The SMILES string of the molecule is O=C(NC1CCN(CC(F)F)CC1)c1cc(-c2ccc(Cl)cc2)nc2ccccc12. The largest absolute Gasteiger partial charge is 0.349 e. The molecule has 30 heavy (non-hydrogen) atoms. The third-order valence-corrected chi connectivity index (χ3v) is 5.67. The number of likely N-dealkylation sites (tertiary alicyclic amines) is 1. The predicted octanol–water partition coefficient (Wildman–Crippen LogP) is 5.01. The van der Waals surface area contributed by atoms with Crippen molar-refractivity contribution in [2.24, 2.45) is 0 Å². The number of rotatable bonds is 5. The smallest absolute Gasteiger partial charge is 0.252 e. The van der Waals surface area contributed by atoms with Crippen LogP contribution in [0.15, 0.2) is 54.6 Å². The molecular weight excluding hydrogens is 408 g/mol. The second-order valence-corrected chi connectivity index (χ2v) is 7.95. The van der Waals surface area contributed by atoms with Gasteiger partial charge in [0.15, 0.2) is 0 Å². The highest BCUT2D eigenvalue weighted by molar-refractivity contribution is 6.30. The van der Waals surface area contributed by atoms with Gasteiger partial charge in [-0.25, -0.2) is 13.8 Å². The zero-order chi connectivity index (χ0) is 21.1. The minimum Gasteiger partial charge on any atom is -0.349 e. The highest BCUT2D eigenvalue weighted by Crippen LogP contribution is 2.26. The number of benzene rings is 2. The van der Waals surface area contributed by atoms with Crippen molar-refractivity contribution in [3.8, 4) is 11.3 Å². The fourth-order valence-electron chi connectivity index (χ4n) is 3.85. The Morgan fingerprint density at radius 1 is 1.13 bits per heavy atom. The molecule has 2 heterocycles. The Kier molecular flexibility index (Phi) is 6.25. The van der Waals surface area contributed by atoms with E-state index in [1.165, 1.54) is 0 Å². The average Bonchev–Trinajstić information content (AvgIpc) is 2.74. The highest BCUT2D eigenvalue weighted by Gasteiger charge is 2.24. The van der Waals surface area contributed by atoms with Gasteiger partial charge in [0, 0.05) is 35.1 Å². The van der Waals surface area contributed by atoms with Crippen LogP contribution in [0.1, 0.15) is 23.2 Å². The van der Waals surface area contributed by atoms with E-state index in [0.717, 1.165) is 16.5 Å². The molecule has 0 radical (unpaired) electrons. The lowest BCUT2D eigenvalue weighted by Crippen LogP contribution is -2.45. The number of piperidine rings is 1. The first-order valence-corrected chi connectivity index (χ1v) is 10.3. The Balaban J connectivity index is 1.57. The van der Waals surface area contributed by atoms with Crippen molar-refractivity contribution < 1.29 is 13.6 Å². The third kappa shape index (κ3) is 4.77. The van der Waals surface area contributed by atoms with Crippen LogP contribution in [0.3, 0.4) is 0 Å². The molecule has 0 bridgehead atoms. The molecule has 1 fully saturated rings. The van der Waals surface area contributed by atoms with E-state index in [9.17, 15) is 13.6 Å². The quantitative estimate of drug-likeness (QED) is 0.619. The van der Waals surface area contributed by atoms with Crippen LogP contribution in [-0.2, 0) is 0 Å². The van der Waals surface area contributed by atoms with Gasteiger partial charge < -0.3 is 5.32 Å². The Morgan fingerprint density at radius 3 is 2.53 bits per heavy atom. The van der Waals surface area contributed by atoms with E-state index in [4.69, 9.17) is 16.6 Å². The molecule has 0 atom stereocenters. The van der Waals surface area contributed by atoms with Gasteiger partial charge in [0.05, 0.1) is 23.3 Å². The van der Waals surface area contributed by atoms with Gasteiger partial charge in [0.2, 0.25) is 0 Å². The molecule has 3 aromatic rings. The van der Waals surface area contributed by atoms with Gasteiger partial charge in [-0.1, -0.05) is 41.9 Å². The molecule has 4 rings (SSSR count). The number of halogens is 3. The summed E-state index contributed by atoms with van der Waals surface area (Å²) in [6.45, 7) is 0.908.